The maximum absolute atomic E-state index is 5.81. The third kappa shape index (κ3) is 2.06. The summed E-state index contributed by atoms with van der Waals surface area (Å²) in [6, 6.07) is 6.22. The van der Waals surface area contributed by atoms with Gasteiger partial charge in [0.15, 0.2) is 0 Å². The van der Waals surface area contributed by atoms with Crippen molar-refractivity contribution in [1.82, 2.24) is 9.78 Å². The Morgan fingerprint density at radius 1 is 1.39 bits per heavy atom. The predicted molar refractivity (Wildman–Crippen MR) is 73.7 cm³/mol. The van der Waals surface area contributed by atoms with E-state index in [4.69, 9.17) is 5.73 Å². The van der Waals surface area contributed by atoms with Gasteiger partial charge in [0.25, 0.3) is 0 Å². The van der Waals surface area contributed by atoms with Crippen LogP contribution in [0.5, 0.6) is 0 Å². The van der Waals surface area contributed by atoms with Gasteiger partial charge in [-0.1, -0.05) is 0 Å². The van der Waals surface area contributed by atoms with Gasteiger partial charge in [-0.3, -0.25) is 4.68 Å². The van der Waals surface area contributed by atoms with Crippen LogP contribution < -0.4 is 10.6 Å². The number of nitrogen functional groups attached to an aromatic ring is 1. The van der Waals surface area contributed by atoms with Crippen molar-refractivity contribution >= 4 is 11.4 Å². The second-order valence-corrected chi connectivity index (χ2v) is 4.90. The van der Waals surface area contributed by atoms with Crippen LogP contribution in [0.2, 0.25) is 0 Å². The molecular weight excluding hydrogens is 224 g/mol. The number of nitrogens with two attached hydrogens (primary N) is 1. The van der Waals surface area contributed by atoms with Gasteiger partial charge >= 0.3 is 0 Å². The van der Waals surface area contributed by atoms with Crippen LogP contribution in [0.25, 0.3) is 0 Å². The lowest BCUT2D eigenvalue weighted by Crippen LogP contribution is -2.23. The lowest BCUT2D eigenvalue weighted by molar-refractivity contribution is 0.765. The standard InChI is InChI=1S/C14H18N4/c1-17-10-11(9-16-17)4-6-18-7-5-12-8-13(15)2-3-14(12)18/h2-3,8-10H,4-7,15H2,1H3. The molecule has 18 heavy (non-hydrogen) atoms. The highest BCUT2D eigenvalue weighted by molar-refractivity contribution is 5.62. The molecule has 1 aromatic heterocycles. The van der Waals surface area contributed by atoms with Crippen LogP contribution in [0.15, 0.2) is 30.6 Å². The van der Waals surface area contributed by atoms with Gasteiger partial charge in [0, 0.05) is 37.7 Å². The number of aromatic nitrogens is 2. The van der Waals surface area contributed by atoms with Crippen molar-refractivity contribution in [2.24, 2.45) is 7.05 Å². The maximum atomic E-state index is 5.81. The summed E-state index contributed by atoms with van der Waals surface area (Å²) in [4.78, 5) is 2.43. The topological polar surface area (TPSA) is 47.1 Å². The Balaban J connectivity index is 1.69. The van der Waals surface area contributed by atoms with E-state index in [2.05, 4.69) is 28.3 Å². The Morgan fingerprint density at radius 3 is 3.06 bits per heavy atom. The molecule has 1 aromatic carbocycles. The van der Waals surface area contributed by atoms with E-state index in [9.17, 15) is 0 Å². The third-order valence-corrected chi connectivity index (χ3v) is 3.52. The van der Waals surface area contributed by atoms with Gasteiger partial charge in [0.2, 0.25) is 0 Å². The monoisotopic (exact) mass is 242 g/mol. The smallest absolute Gasteiger partial charge is 0.0522 e. The molecule has 1 aliphatic heterocycles. The molecule has 0 atom stereocenters. The molecule has 94 valence electrons. The molecule has 4 heteroatoms. The molecule has 0 unspecified atom stereocenters. The number of rotatable bonds is 3. The van der Waals surface area contributed by atoms with E-state index < -0.39 is 0 Å². The van der Waals surface area contributed by atoms with E-state index in [-0.39, 0.29) is 0 Å². The lowest BCUT2D eigenvalue weighted by atomic mass is 10.1. The maximum Gasteiger partial charge on any atom is 0.0522 e. The number of benzene rings is 1. The first kappa shape index (κ1) is 11.1. The first-order chi connectivity index (χ1) is 8.72. The summed E-state index contributed by atoms with van der Waals surface area (Å²) in [5, 5.41) is 4.20. The van der Waals surface area contributed by atoms with E-state index in [0.29, 0.717) is 0 Å². The summed E-state index contributed by atoms with van der Waals surface area (Å²) in [6.07, 6.45) is 6.17. The number of hydrogen-bond acceptors (Lipinski definition) is 3. The van der Waals surface area contributed by atoms with Crippen LogP contribution in [0, 0.1) is 0 Å². The number of anilines is 2. The van der Waals surface area contributed by atoms with Gasteiger partial charge in [-0.2, -0.15) is 5.10 Å². The molecule has 4 nitrogen and oxygen atoms in total. The predicted octanol–water partition coefficient (Wildman–Crippen LogP) is 1.61. The van der Waals surface area contributed by atoms with Crippen molar-refractivity contribution in [2.45, 2.75) is 12.8 Å². The van der Waals surface area contributed by atoms with E-state index in [1.165, 1.54) is 16.8 Å². The average Bonchev–Trinajstić information content (AvgIpc) is 2.92. The molecule has 3 rings (SSSR count). The van der Waals surface area contributed by atoms with E-state index in [1.54, 1.807) is 0 Å². The number of fused-ring (bicyclic) bond motifs is 1. The molecule has 2 N–H and O–H groups in total. The largest absolute Gasteiger partial charge is 0.399 e. The minimum atomic E-state index is 0.864. The van der Waals surface area contributed by atoms with Crippen molar-refractivity contribution in [3.05, 3.63) is 41.7 Å². The molecule has 0 amide bonds. The quantitative estimate of drug-likeness (QED) is 0.832. The van der Waals surface area contributed by atoms with E-state index >= 15 is 0 Å². The van der Waals surface area contributed by atoms with Gasteiger partial charge in [-0.15, -0.1) is 0 Å². The second-order valence-electron chi connectivity index (χ2n) is 4.90. The van der Waals surface area contributed by atoms with Crippen LogP contribution >= 0.6 is 0 Å². The molecule has 2 heterocycles. The first-order valence-electron chi connectivity index (χ1n) is 6.33. The fourth-order valence-electron chi connectivity index (χ4n) is 2.59. The molecule has 0 radical (unpaired) electrons. The number of aryl methyl sites for hydroxylation is 1. The molecule has 0 spiro atoms. The zero-order chi connectivity index (χ0) is 12.5. The normalized spacial score (nSPS) is 13.9. The summed E-state index contributed by atoms with van der Waals surface area (Å²) >= 11 is 0. The average molecular weight is 242 g/mol. The molecule has 2 aromatic rings. The highest BCUT2D eigenvalue weighted by Crippen LogP contribution is 2.29. The van der Waals surface area contributed by atoms with Crippen LogP contribution in [0.4, 0.5) is 11.4 Å². The Bertz CT molecular complexity index is 559. The molecular formula is C14H18N4. The fourth-order valence-corrected chi connectivity index (χ4v) is 2.59. The zero-order valence-electron chi connectivity index (χ0n) is 10.6. The van der Waals surface area contributed by atoms with Gasteiger partial charge in [0.1, 0.15) is 0 Å². The Morgan fingerprint density at radius 2 is 2.28 bits per heavy atom. The lowest BCUT2D eigenvalue weighted by Gasteiger charge is -2.18. The van der Waals surface area contributed by atoms with Crippen molar-refractivity contribution < 1.29 is 0 Å². The van der Waals surface area contributed by atoms with Crippen molar-refractivity contribution in [2.75, 3.05) is 23.7 Å². The van der Waals surface area contributed by atoms with Gasteiger partial charge in [0.05, 0.1) is 6.20 Å². The highest BCUT2D eigenvalue weighted by Gasteiger charge is 2.18. The fraction of sp³-hybridized carbons (Fsp3) is 0.357. The van der Waals surface area contributed by atoms with Crippen molar-refractivity contribution in [3.63, 3.8) is 0 Å². The molecule has 0 fully saturated rings. The minimum absolute atomic E-state index is 0.864. The van der Waals surface area contributed by atoms with Gasteiger partial charge in [-0.05, 0) is 42.2 Å². The Kier molecular flexibility index (Phi) is 2.70. The highest BCUT2D eigenvalue weighted by atomic mass is 15.2. The number of hydrogen-bond donors (Lipinski definition) is 1. The summed E-state index contributed by atoms with van der Waals surface area (Å²) in [7, 11) is 1.96. The Labute approximate surface area is 107 Å². The molecule has 1 aliphatic rings. The first-order valence-corrected chi connectivity index (χ1v) is 6.33. The van der Waals surface area contributed by atoms with Crippen LogP contribution in [-0.4, -0.2) is 22.9 Å². The molecule has 0 saturated heterocycles. The van der Waals surface area contributed by atoms with Crippen molar-refractivity contribution in [3.8, 4) is 0 Å². The summed E-state index contributed by atoms with van der Waals surface area (Å²) in [5.74, 6) is 0. The van der Waals surface area contributed by atoms with Crippen LogP contribution in [0.1, 0.15) is 11.1 Å². The van der Waals surface area contributed by atoms with Crippen LogP contribution in [-0.2, 0) is 19.9 Å². The molecule has 0 saturated carbocycles. The second kappa shape index (κ2) is 4.37. The van der Waals surface area contributed by atoms with Crippen molar-refractivity contribution in [1.29, 1.82) is 0 Å². The Hall–Kier alpha value is -1.97. The summed E-state index contributed by atoms with van der Waals surface area (Å²) < 4.78 is 1.86. The SMILES string of the molecule is Cn1cc(CCN2CCc3cc(N)ccc32)cn1. The summed E-state index contributed by atoms with van der Waals surface area (Å²) in [6.45, 7) is 2.14. The van der Waals surface area contributed by atoms with Crippen LogP contribution in [0.3, 0.4) is 0 Å². The van der Waals surface area contributed by atoms with E-state index in [1.807, 2.05) is 24.0 Å². The van der Waals surface area contributed by atoms with Gasteiger partial charge < -0.3 is 10.6 Å². The third-order valence-electron chi connectivity index (χ3n) is 3.52. The number of nitrogens with zero attached hydrogens (tertiary/aromatic N) is 3. The van der Waals surface area contributed by atoms with E-state index in [0.717, 1.165) is 31.6 Å². The summed E-state index contributed by atoms with van der Waals surface area (Å²) in [5.41, 5.74) is 10.7. The minimum Gasteiger partial charge on any atom is -0.399 e. The zero-order valence-corrected chi connectivity index (χ0v) is 10.6. The molecule has 0 aliphatic carbocycles. The molecule has 0 bridgehead atoms. The van der Waals surface area contributed by atoms with Gasteiger partial charge in [-0.25, -0.2) is 0 Å².